The molecule has 1 heterocycles. The fourth-order valence-electron chi connectivity index (χ4n) is 2.29. The van der Waals surface area contributed by atoms with Crippen LogP contribution in [-0.4, -0.2) is 37.5 Å². The molecule has 0 aliphatic carbocycles. The van der Waals surface area contributed by atoms with Crippen LogP contribution >= 0.6 is 11.3 Å². The molecule has 0 saturated carbocycles. The van der Waals surface area contributed by atoms with Gasteiger partial charge in [-0.05, 0) is 36.1 Å². The number of carbonyl (C=O) groups is 2. The number of thiophene rings is 1. The van der Waals surface area contributed by atoms with Crippen molar-refractivity contribution in [3.63, 3.8) is 0 Å². The minimum atomic E-state index is -0.273. The van der Waals surface area contributed by atoms with Gasteiger partial charge in [0.1, 0.15) is 10.8 Å². The zero-order valence-electron chi connectivity index (χ0n) is 15.4. The fourth-order valence-corrected chi connectivity index (χ4v) is 3.07. The maximum absolute atomic E-state index is 12.5. The van der Waals surface area contributed by atoms with Gasteiger partial charge in [0, 0.05) is 19.7 Å². The summed E-state index contributed by atoms with van der Waals surface area (Å²) in [7, 11) is 3.46. The van der Waals surface area contributed by atoms with Gasteiger partial charge in [-0.2, -0.15) is 0 Å². The van der Waals surface area contributed by atoms with E-state index >= 15 is 0 Å². The van der Waals surface area contributed by atoms with E-state index in [0.29, 0.717) is 28.5 Å². The maximum atomic E-state index is 12.5. The summed E-state index contributed by atoms with van der Waals surface area (Å²) >= 11 is 1.31. The Morgan fingerprint density at radius 2 is 1.96 bits per heavy atom. The van der Waals surface area contributed by atoms with Gasteiger partial charge < -0.3 is 10.1 Å². The molecule has 1 aromatic carbocycles. The van der Waals surface area contributed by atoms with Crippen molar-refractivity contribution in [2.75, 3.05) is 26.0 Å². The molecule has 0 bridgehead atoms. The fraction of sp³-hybridized carbons (Fsp3) is 0.368. The second kappa shape index (κ2) is 9.94. The number of hydrogen-bond acceptors (Lipinski definition) is 5. The molecule has 2 N–H and O–H groups in total. The van der Waals surface area contributed by atoms with Crippen molar-refractivity contribution in [2.24, 2.45) is 0 Å². The van der Waals surface area contributed by atoms with E-state index in [9.17, 15) is 9.59 Å². The third kappa shape index (κ3) is 5.86. The van der Waals surface area contributed by atoms with E-state index in [1.165, 1.54) is 11.3 Å². The first-order chi connectivity index (χ1) is 12.5. The Kier molecular flexibility index (Phi) is 7.62. The highest BCUT2D eigenvalue weighted by Crippen LogP contribution is 2.24. The summed E-state index contributed by atoms with van der Waals surface area (Å²) in [6.07, 6.45) is 3.25. The van der Waals surface area contributed by atoms with Crippen LogP contribution in [0.4, 0.5) is 5.00 Å². The minimum absolute atomic E-state index is 0.264. The standard InChI is InChI=1S/C19H25N3O3S/c1-4-5-6-11-25-15-9-7-8-14(13-15)17(23)20-19-16(10-12-26-19)18(24)21-22(2)3/h7-10,12-13H,4-6,11H2,1-3H3,(H,20,23)(H,21,24). The molecule has 0 atom stereocenters. The number of carbonyl (C=O) groups excluding carboxylic acids is 2. The highest BCUT2D eigenvalue weighted by Gasteiger charge is 2.16. The highest BCUT2D eigenvalue weighted by atomic mass is 32.1. The molecule has 0 unspecified atom stereocenters. The average molecular weight is 375 g/mol. The summed E-state index contributed by atoms with van der Waals surface area (Å²) in [5, 5.41) is 6.66. The smallest absolute Gasteiger partial charge is 0.268 e. The Hall–Kier alpha value is -2.38. The molecular formula is C19H25N3O3S. The van der Waals surface area contributed by atoms with Gasteiger partial charge in [-0.1, -0.05) is 25.8 Å². The number of rotatable bonds is 9. The molecule has 0 spiro atoms. The first-order valence-corrected chi connectivity index (χ1v) is 9.49. The van der Waals surface area contributed by atoms with Crippen LogP contribution in [0.25, 0.3) is 0 Å². The summed E-state index contributed by atoms with van der Waals surface area (Å²) in [6.45, 7) is 2.78. The summed E-state index contributed by atoms with van der Waals surface area (Å²) in [5.41, 5.74) is 3.60. The van der Waals surface area contributed by atoms with Crippen molar-refractivity contribution in [1.29, 1.82) is 0 Å². The molecule has 0 aliphatic rings. The van der Waals surface area contributed by atoms with Gasteiger partial charge in [0.25, 0.3) is 11.8 Å². The number of hydrazine groups is 1. The van der Waals surface area contributed by atoms with Crippen LogP contribution in [0.2, 0.25) is 0 Å². The summed E-state index contributed by atoms with van der Waals surface area (Å²) in [6, 6.07) is 8.75. The lowest BCUT2D eigenvalue weighted by atomic mass is 10.2. The summed E-state index contributed by atoms with van der Waals surface area (Å²) in [4.78, 5) is 24.7. The first kappa shape index (κ1) is 19.9. The van der Waals surface area contributed by atoms with E-state index in [4.69, 9.17) is 4.74 Å². The van der Waals surface area contributed by atoms with Crippen molar-refractivity contribution in [2.45, 2.75) is 26.2 Å². The Bertz CT molecular complexity index is 743. The molecule has 7 heteroatoms. The summed E-state index contributed by atoms with van der Waals surface area (Å²) in [5.74, 6) is 0.135. The van der Waals surface area contributed by atoms with Crippen molar-refractivity contribution in [1.82, 2.24) is 10.4 Å². The van der Waals surface area contributed by atoms with E-state index in [1.807, 2.05) is 6.07 Å². The number of nitrogens with one attached hydrogen (secondary N) is 2. The van der Waals surface area contributed by atoms with Crippen LogP contribution < -0.4 is 15.5 Å². The van der Waals surface area contributed by atoms with Crippen molar-refractivity contribution >= 4 is 28.2 Å². The minimum Gasteiger partial charge on any atom is -0.494 e. The van der Waals surface area contributed by atoms with Gasteiger partial charge in [0.05, 0.1) is 12.2 Å². The average Bonchev–Trinajstić information content (AvgIpc) is 3.06. The molecule has 0 fully saturated rings. The van der Waals surface area contributed by atoms with Crippen LogP contribution in [0.1, 0.15) is 46.9 Å². The third-order valence-electron chi connectivity index (χ3n) is 3.57. The topological polar surface area (TPSA) is 70.7 Å². The monoisotopic (exact) mass is 375 g/mol. The number of unbranched alkanes of at least 4 members (excludes halogenated alkanes) is 2. The van der Waals surface area contributed by atoms with Crippen LogP contribution in [0.15, 0.2) is 35.7 Å². The largest absolute Gasteiger partial charge is 0.494 e. The SMILES string of the molecule is CCCCCOc1cccc(C(=O)Nc2sccc2C(=O)NN(C)C)c1. The molecule has 1 aromatic heterocycles. The first-order valence-electron chi connectivity index (χ1n) is 8.61. The number of ether oxygens (including phenoxy) is 1. The van der Waals surface area contributed by atoms with Crippen LogP contribution in [0, 0.1) is 0 Å². The van der Waals surface area contributed by atoms with Gasteiger partial charge in [0.2, 0.25) is 0 Å². The number of benzene rings is 1. The van der Waals surface area contributed by atoms with Crippen molar-refractivity contribution in [3.05, 3.63) is 46.8 Å². The number of hydrogen-bond donors (Lipinski definition) is 2. The zero-order chi connectivity index (χ0) is 18.9. The molecule has 6 nitrogen and oxygen atoms in total. The predicted molar refractivity (Wildman–Crippen MR) is 105 cm³/mol. The number of amides is 2. The van der Waals surface area contributed by atoms with Crippen LogP contribution in [-0.2, 0) is 0 Å². The van der Waals surface area contributed by atoms with E-state index in [0.717, 1.165) is 19.3 Å². The van der Waals surface area contributed by atoms with Crippen molar-refractivity contribution < 1.29 is 14.3 Å². The molecule has 26 heavy (non-hydrogen) atoms. The Balaban J connectivity index is 2.02. The predicted octanol–water partition coefficient (Wildman–Crippen LogP) is 3.78. The number of nitrogens with zero attached hydrogens (tertiary/aromatic N) is 1. The molecule has 2 rings (SSSR count). The van der Waals surface area contributed by atoms with E-state index < -0.39 is 0 Å². The quantitative estimate of drug-likeness (QED) is 0.517. The van der Waals surface area contributed by atoms with E-state index in [1.54, 1.807) is 48.7 Å². The maximum Gasteiger partial charge on any atom is 0.268 e. The highest BCUT2D eigenvalue weighted by molar-refractivity contribution is 7.14. The molecule has 0 radical (unpaired) electrons. The normalized spacial score (nSPS) is 10.6. The lowest BCUT2D eigenvalue weighted by molar-refractivity contribution is 0.0858. The lowest BCUT2D eigenvalue weighted by Gasteiger charge is -2.12. The van der Waals surface area contributed by atoms with Gasteiger partial charge in [0.15, 0.2) is 0 Å². The van der Waals surface area contributed by atoms with E-state index in [2.05, 4.69) is 17.7 Å². The van der Waals surface area contributed by atoms with Gasteiger partial charge >= 0.3 is 0 Å². The Morgan fingerprint density at radius 3 is 2.69 bits per heavy atom. The Labute approximate surface area is 158 Å². The van der Waals surface area contributed by atoms with Gasteiger partial charge in [-0.25, -0.2) is 5.01 Å². The lowest BCUT2D eigenvalue weighted by Crippen LogP contribution is -2.36. The Morgan fingerprint density at radius 1 is 1.15 bits per heavy atom. The molecule has 140 valence electrons. The van der Waals surface area contributed by atoms with Crippen LogP contribution in [0.3, 0.4) is 0 Å². The van der Waals surface area contributed by atoms with Crippen LogP contribution in [0.5, 0.6) is 5.75 Å². The molecule has 2 aromatic rings. The molecule has 0 aliphatic heterocycles. The molecule has 2 amide bonds. The van der Waals surface area contributed by atoms with E-state index in [-0.39, 0.29) is 11.8 Å². The molecule has 0 saturated heterocycles. The van der Waals surface area contributed by atoms with Gasteiger partial charge in [-0.15, -0.1) is 11.3 Å². The molecular weight excluding hydrogens is 350 g/mol. The zero-order valence-corrected chi connectivity index (χ0v) is 16.2. The van der Waals surface area contributed by atoms with Crippen molar-refractivity contribution in [3.8, 4) is 5.75 Å². The third-order valence-corrected chi connectivity index (χ3v) is 4.40. The van der Waals surface area contributed by atoms with Gasteiger partial charge in [-0.3, -0.25) is 15.0 Å². The summed E-state index contributed by atoms with van der Waals surface area (Å²) < 4.78 is 5.69. The number of anilines is 1. The second-order valence-corrected chi connectivity index (χ2v) is 6.95. The second-order valence-electron chi connectivity index (χ2n) is 6.04.